The van der Waals surface area contributed by atoms with Crippen LogP contribution in [0.3, 0.4) is 0 Å². The highest BCUT2D eigenvalue weighted by Gasteiger charge is 2.19. The summed E-state index contributed by atoms with van der Waals surface area (Å²) in [5.74, 6) is 0. The predicted octanol–water partition coefficient (Wildman–Crippen LogP) is 6.95. The van der Waals surface area contributed by atoms with Gasteiger partial charge in [0.05, 0.1) is 0 Å². The van der Waals surface area contributed by atoms with E-state index in [1.165, 1.54) is 38.6 Å². The van der Waals surface area contributed by atoms with E-state index in [2.05, 4.69) is 108 Å². The fourth-order valence-electron chi connectivity index (χ4n) is 3.91. The Balaban J connectivity index is 1.90. The highest BCUT2D eigenvalue weighted by Crippen LogP contribution is 2.31. The minimum Gasteiger partial charge on any atom is -0.295 e. The Labute approximate surface area is 165 Å². The quantitative estimate of drug-likeness (QED) is 0.487. The Morgan fingerprint density at radius 1 is 0.889 bits per heavy atom. The van der Waals surface area contributed by atoms with Crippen LogP contribution in [0.25, 0.3) is 10.8 Å². The molecule has 142 valence electrons. The second kappa shape index (κ2) is 7.48. The average molecular weight is 360 g/mol. The topological polar surface area (TPSA) is 3.24 Å². The summed E-state index contributed by atoms with van der Waals surface area (Å²) < 4.78 is 0. The normalized spacial score (nSPS) is 13.3. The molecule has 0 unspecified atom stereocenters. The predicted molar refractivity (Wildman–Crippen MR) is 118 cm³/mol. The molecule has 3 aromatic carbocycles. The van der Waals surface area contributed by atoms with E-state index < -0.39 is 0 Å². The first-order valence-electron chi connectivity index (χ1n) is 9.97. The van der Waals surface area contributed by atoms with E-state index in [0.29, 0.717) is 6.04 Å². The van der Waals surface area contributed by atoms with Gasteiger partial charge in [0.25, 0.3) is 0 Å². The van der Waals surface area contributed by atoms with Gasteiger partial charge in [0.2, 0.25) is 0 Å². The van der Waals surface area contributed by atoms with Crippen molar-refractivity contribution in [3.63, 3.8) is 0 Å². The molecule has 0 bridgehead atoms. The third-order valence-corrected chi connectivity index (χ3v) is 5.90. The van der Waals surface area contributed by atoms with Gasteiger partial charge >= 0.3 is 0 Å². The number of benzene rings is 3. The average Bonchev–Trinajstić information content (AvgIpc) is 2.62. The van der Waals surface area contributed by atoms with Crippen molar-refractivity contribution in [3.05, 3.63) is 82.4 Å². The van der Waals surface area contributed by atoms with E-state index in [9.17, 15) is 0 Å². The van der Waals surface area contributed by atoms with E-state index in [0.717, 1.165) is 6.54 Å². The molecular formula is C26H33N. The van der Waals surface area contributed by atoms with Crippen LogP contribution in [-0.2, 0) is 12.0 Å². The van der Waals surface area contributed by atoms with Gasteiger partial charge in [0.1, 0.15) is 0 Å². The molecule has 0 saturated heterocycles. The summed E-state index contributed by atoms with van der Waals surface area (Å²) in [6, 6.07) is 20.4. The van der Waals surface area contributed by atoms with E-state index in [1.807, 2.05) is 0 Å². The third-order valence-electron chi connectivity index (χ3n) is 5.90. The fraction of sp³-hybridized carbons (Fsp3) is 0.385. The Hall–Kier alpha value is -2.12. The summed E-state index contributed by atoms with van der Waals surface area (Å²) >= 11 is 0. The first-order chi connectivity index (χ1) is 12.7. The van der Waals surface area contributed by atoms with Gasteiger partial charge < -0.3 is 0 Å². The number of aryl methyl sites for hydroxylation is 2. The molecule has 0 aliphatic carbocycles. The minimum atomic E-state index is 0.191. The molecule has 0 amide bonds. The largest absolute Gasteiger partial charge is 0.295 e. The highest BCUT2D eigenvalue weighted by atomic mass is 15.1. The van der Waals surface area contributed by atoms with Crippen LogP contribution < -0.4 is 0 Å². The van der Waals surface area contributed by atoms with E-state index in [1.54, 1.807) is 0 Å². The summed E-state index contributed by atoms with van der Waals surface area (Å²) in [7, 11) is 2.24. The number of hydrogen-bond acceptors (Lipinski definition) is 1. The maximum Gasteiger partial charge on any atom is 0.0326 e. The van der Waals surface area contributed by atoms with Crippen molar-refractivity contribution in [2.75, 3.05) is 7.05 Å². The number of hydrogen-bond donors (Lipinski definition) is 0. The molecule has 0 aliphatic rings. The molecule has 0 saturated carbocycles. The molecule has 0 aliphatic heterocycles. The Morgan fingerprint density at radius 3 is 2.11 bits per heavy atom. The van der Waals surface area contributed by atoms with Gasteiger partial charge in [-0.15, -0.1) is 0 Å². The van der Waals surface area contributed by atoms with E-state index in [4.69, 9.17) is 0 Å². The standard InChI is InChI=1S/C26H33N/c1-18-15-22(26(4,5)6)16-19(2)25(18)17-27(7)20(3)23-14-10-12-21-11-8-9-13-24(21)23/h8-16,20H,17H2,1-7H3/t20-/m1/s1. The molecule has 1 heteroatoms. The lowest BCUT2D eigenvalue weighted by atomic mass is 9.83. The van der Waals surface area contributed by atoms with Crippen LogP contribution in [-0.4, -0.2) is 11.9 Å². The summed E-state index contributed by atoms with van der Waals surface area (Å²) in [6.07, 6.45) is 0. The molecule has 0 aromatic heterocycles. The summed E-state index contributed by atoms with van der Waals surface area (Å²) in [5.41, 5.74) is 7.27. The molecule has 3 rings (SSSR count). The van der Waals surface area contributed by atoms with Gasteiger partial charge in [-0.2, -0.15) is 0 Å². The lowest BCUT2D eigenvalue weighted by molar-refractivity contribution is 0.253. The van der Waals surface area contributed by atoms with Crippen molar-refractivity contribution < 1.29 is 0 Å². The Morgan fingerprint density at radius 2 is 1.48 bits per heavy atom. The van der Waals surface area contributed by atoms with E-state index >= 15 is 0 Å². The van der Waals surface area contributed by atoms with Crippen LogP contribution in [0.1, 0.15) is 61.6 Å². The van der Waals surface area contributed by atoms with Gasteiger partial charge in [-0.1, -0.05) is 75.4 Å². The second-order valence-electron chi connectivity index (χ2n) is 9.00. The zero-order valence-electron chi connectivity index (χ0n) is 17.9. The van der Waals surface area contributed by atoms with Crippen LogP contribution in [0.4, 0.5) is 0 Å². The molecule has 1 atom stereocenters. The first-order valence-corrected chi connectivity index (χ1v) is 9.97. The number of nitrogens with zero attached hydrogens (tertiary/aromatic N) is 1. The molecule has 0 fully saturated rings. The van der Waals surface area contributed by atoms with Gasteiger partial charge in [0.15, 0.2) is 0 Å². The maximum absolute atomic E-state index is 2.47. The van der Waals surface area contributed by atoms with Crippen molar-refractivity contribution in [1.29, 1.82) is 0 Å². The SMILES string of the molecule is Cc1cc(C(C)(C)C)cc(C)c1CN(C)[C@H](C)c1cccc2ccccc12. The van der Waals surface area contributed by atoms with Crippen molar-refractivity contribution in [2.24, 2.45) is 0 Å². The molecule has 3 aromatic rings. The second-order valence-corrected chi connectivity index (χ2v) is 9.00. The van der Waals surface area contributed by atoms with Gasteiger partial charge in [0, 0.05) is 12.6 Å². The Kier molecular flexibility index (Phi) is 5.44. The van der Waals surface area contributed by atoms with Crippen molar-refractivity contribution in [1.82, 2.24) is 4.90 Å². The minimum absolute atomic E-state index is 0.191. The molecule has 0 radical (unpaired) electrons. The molecule has 0 spiro atoms. The third kappa shape index (κ3) is 4.09. The lowest BCUT2D eigenvalue weighted by Gasteiger charge is -2.29. The van der Waals surface area contributed by atoms with Gasteiger partial charge in [-0.3, -0.25) is 4.90 Å². The molecule has 1 nitrogen and oxygen atoms in total. The summed E-state index contributed by atoms with van der Waals surface area (Å²) in [4.78, 5) is 2.47. The summed E-state index contributed by atoms with van der Waals surface area (Å²) in [5, 5.41) is 2.67. The van der Waals surface area contributed by atoms with Gasteiger partial charge in [-0.25, -0.2) is 0 Å². The number of fused-ring (bicyclic) bond motifs is 1. The van der Waals surface area contributed by atoms with Crippen LogP contribution >= 0.6 is 0 Å². The van der Waals surface area contributed by atoms with Crippen molar-refractivity contribution in [3.8, 4) is 0 Å². The van der Waals surface area contributed by atoms with Crippen molar-refractivity contribution in [2.45, 2.75) is 59.5 Å². The number of rotatable bonds is 4. The smallest absolute Gasteiger partial charge is 0.0326 e. The molecule has 27 heavy (non-hydrogen) atoms. The van der Waals surface area contributed by atoms with Crippen LogP contribution in [0.15, 0.2) is 54.6 Å². The van der Waals surface area contributed by atoms with E-state index in [-0.39, 0.29) is 5.41 Å². The monoisotopic (exact) mass is 359 g/mol. The van der Waals surface area contributed by atoms with Gasteiger partial charge in [-0.05, 0) is 71.8 Å². The Bertz CT molecular complexity index is 918. The van der Waals surface area contributed by atoms with Crippen LogP contribution in [0, 0.1) is 13.8 Å². The fourth-order valence-corrected chi connectivity index (χ4v) is 3.91. The zero-order chi connectivity index (χ0) is 19.8. The molecule has 0 heterocycles. The van der Waals surface area contributed by atoms with Crippen LogP contribution in [0.2, 0.25) is 0 Å². The maximum atomic E-state index is 2.47. The first kappa shape index (κ1) is 19.6. The van der Waals surface area contributed by atoms with Crippen LogP contribution in [0.5, 0.6) is 0 Å². The molecular weight excluding hydrogens is 326 g/mol. The van der Waals surface area contributed by atoms with Crippen molar-refractivity contribution >= 4 is 10.8 Å². The highest BCUT2D eigenvalue weighted by molar-refractivity contribution is 5.86. The zero-order valence-corrected chi connectivity index (χ0v) is 17.9. The summed E-state index contributed by atoms with van der Waals surface area (Å²) in [6.45, 7) is 14.7. The molecule has 0 N–H and O–H groups in total. The lowest BCUT2D eigenvalue weighted by Crippen LogP contribution is -2.23.